The van der Waals surface area contributed by atoms with E-state index in [1.165, 1.54) is 11.6 Å². The first-order valence-corrected chi connectivity index (χ1v) is 7.24. The maximum absolute atomic E-state index is 13.7. The van der Waals surface area contributed by atoms with Gasteiger partial charge in [0.1, 0.15) is 0 Å². The van der Waals surface area contributed by atoms with Crippen molar-refractivity contribution in [3.05, 3.63) is 70.8 Å². The zero-order valence-electron chi connectivity index (χ0n) is 12.4. The standard InChI is InChI=1S/C18H21F2N/c1-12(2)10-13-6-8-14(9-7-13)17(21)11-15-4-3-5-16(19)18(15)20/h3-9,12,17H,10-11,21H2,1-2H3. The summed E-state index contributed by atoms with van der Waals surface area (Å²) < 4.78 is 26.8. The first kappa shape index (κ1) is 15.6. The third-order valence-corrected chi connectivity index (χ3v) is 3.52. The Bertz CT molecular complexity index is 591. The minimum absolute atomic E-state index is 0.285. The van der Waals surface area contributed by atoms with Gasteiger partial charge in [-0.25, -0.2) is 8.78 Å². The summed E-state index contributed by atoms with van der Waals surface area (Å²) in [6.07, 6.45) is 1.31. The Labute approximate surface area is 124 Å². The van der Waals surface area contributed by atoms with Crippen LogP contribution in [0.25, 0.3) is 0 Å². The molecule has 0 aliphatic rings. The Hall–Kier alpha value is -1.74. The average Bonchev–Trinajstić information content (AvgIpc) is 2.44. The van der Waals surface area contributed by atoms with Crippen molar-refractivity contribution in [3.8, 4) is 0 Å². The van der Waals surface area contributed by atoms with Crippen LogP contribution in [0, 0.1) is 17.6 Å². The van der Waals surface area contributed by atoms with Crippen molar-refractivity contribution in [3.63, 3.8) is 0 Å². The van der Waals surface area contributed by atoms with Crippen LogP contribution in [-0.2, 0) is 12.8 Å². The molecule has 0 aliphatic heterocycles. The van der Waals surface area contributed by atoms with Crippen LogP contribution in [0.5, 0.6) is 0 Å². The molecular weight excluding hydrogens is 268 g/mol. The van der Waals surface area contributed by atoms with E-state index in [0.29, 0.717) is 11.5 Å². The second-order valence-electron chi connectivity index (χ2n) is 5.86. The topological polar surface area (TPSA) is 26.0 Å². The van der Waals surface area contributed by atoms with Crippen molar-refractivity contribution in [1.82, 2.24) is 0 Å². The number of hydrogen-bond donors (Lipinski definition) is 1. The highest BCUT2D eigenvalue weighted by atomic mass is 19.2. The van der Waals surface area contributed by atoms with Crippen LogP contribution in [0.1, 0.15) is 36.6 Å². The van der Waals surface area contributed by atoms with Crippen molar-refractivity contribution in [2.75, 3.05) is 0 Å². The molecule has 2 N–H and O–H groups in total. The highest BCUT2D eigenvalue weighted by molar-refractivity contribution is 5.28. The maximum Gasteiger partial charge on any atom is 0.162 e. The molecule has 0 amide bonds. The molecule has 0 aromatic heterocycles. The lowest BCUT2D eigenvalue weighted by Crippen LogP contribution is -2.14. The Morgan fingerprint density at radius 2 is 1.62 bits per heavy atom. The van der Waals surface area contributed by atoms with Gasteiger partial charge in [-0.05, 0) is 41.5 Å². The molecule has 1 nitrogen and oxygen atoms in total. The fourth-order valence-corrected chi connectivity index (χ4v) is 2.43. The van der Waals surface area contributed by atoms with E-state index in [9.17, 15) is 8.78 Å². The molecule has 2 aromatic carbocycles. The Kier molecular flexibility index (Phi) is 5.07. The fourth-order valence-electron chi connectivity index (χ4n) is 2.43. The first-order valence-electron chi connectivity index (χ1n) is 7.24. The van der Waals surface area contributed by atoms with Gasteiger partial charge in [0, 0.05) is 6.04 Å². The van der Waals surface area contributed by atoms with Crippen molar-refractivity contribution >= 4 is 0 Å². The predicted octanol–water partition coefficient (Wildman–Crippen LogP) is 4.41. The van der Waals surface area contributed by atoms with Gasteiger partial charge in [0.25, 0.3) is 0 Å². The molecule has 1 unspecified atom stereocenters. The van der Waals surface area contributed by atoms with Gasteiger partial charge in [0.2, 0.25) is 0 Å². The molecule has 0 aliphatic carbocycles. The van der Waals surface area contributed by atoms with Gasteiger partial charge in [-0.1, -0.05) is 50.2 Å². The van der Waals surface area contributed by atoms with Crippen LogP contribution in [0.3, 0.4) is 0 Å². The van der Waals surface area contributed by atoms with E-state index in [0.717, 1.165) is 18.1 Å². The highest BCUT2D eigenvalue weighted by Gasteiger charge is 2.13. The summed E-state index contributed by atoms with van der Waals surface area (Å²) in [6, 6.07) is 11.9. The van der Waals surface area contributed by atoms with E-state index < -0.39 is 11.6 Å². The Morgan fingerprint density at radius 3 is 2.24 bits per heavy atom. The normalized spacial score (nSPS) is 12.7. The van der Waals surface area contributed by atoms with E-state index in [-0.39, 0.29) is 12.5 Å². The Morgan fingerprint density at radius 1 is 0.952 bits per heavy atom. The minimum Gasteiger partial charge on any atom is -0.324 e. The van der Waals surface area contributed by atoms with Gasteiger partial charge < -0.3 is 5.73 Å². The van der Waals surface area contributed by atoms with Crippen molar-refractivity contribution in [1.29, 1.82) is 0 Å². The molecular formula is C18H21F2N. The fraction of sp³-hybridized carbons (Fsp3) is 0.333. The first-order chi connectivity index (χ1) is 9.97. The summed E-state index contributed by atoms with van der Waals surface area (Å²) >= 11 is 0. The molecule has 0 saturated heterocycles. The van der Waals surface area contributed by atoms with Crippen LogP contribution < -0.4 is 5.73 Å². The van der Waals surface area contributed by atoms with Crippen LogP contribution in [0.2, 0.25) is 0 Å². The zero-order chi connectivity index (χ0) is 15.4. The van der Waals surface area contributed by atoms with Crippen LogP contribution >= 0.6 is 0 Å². The van der Waals surface area contributed by atoms with Gasteiger partial charge in [0.15, 0.2) is 11.6 Å². The highest BCUT2D eigenvalue weighted by Crippen LogP contribution is 2.20. The predicted molar refractivity (Wildman–Crippen MR) is 82.0 cm³/mol. The van der Waals surface area contributed by atoms with E-state index in [2.05, 4.69) is 26.0 Å². The van der Waals surface area contributed by atoms with Crippen LogP contribution in [0.15, 0.2) is 42.5 Å². The van der Waals surface area contributed by atoms with Gasteiger partial charge in [-0.3, -0.25) is 0 Å². The molecule has 0 heterocycles. The van der Waals surface area contributed by atoms with Crippen LogP contribution in [-0.4, -0.2) is 0 Å². The lowest BCUT2D eigenvalue weighted by molar-refractivity contribution is 0.494. The molecule has 0 radical (unpaired) electrons. The largest absolute Gasteiger partial charge is 0.324 e. The maximum atomic E-state index is 13.7. The zero-order valence-corrected chi connectivity index (χ0v) is 12.4. The number of rotatable bonds is 5. The van der Waals surface area contributed by atoms with Crippen molar-refractivity contribution in [2.24, 2.45) is 11.7 Å². The van der Waals surface area contributed by atoms with Gasteiger partial charge >= 0.3 is 0 Å². The second kappa shape index (κ2) is 6.81. The molecule has 0 saturated carbocycles. The number of nitrogens with two attached hydrogens (primary N) is 1. The Balaban J connectivity index is 2.09. The van der Waals surface area contributed by atoms with E-state index in [4.69, 9.17) is 5.73 Å². The van der Waals surface area contributed by atoms with Gasteiger partial charge in [-0.15, -0.1) is 0 Å². The molecule has 0 fully saturated rings. The number of benzene rings is 2. The number of halogens is 2. The van der Waals surface area contributed by atoms with E-state index in [1.807, 2.05) is 12.1 Å². The molecule has 2 aromatic rings. The van der Waals surface area contributed by atoms with Gasteiger partial charge in [-0.2, -0.15) is 0 Å². The SMILES string of the molecule is CC(C)Cc1ccc(C(N)Cc2cccc(F)c2F)cc1. The molecule has 0 bridgehead atoms. The second-order valence-corrected chi connectivity index (χ2v) is 5.86. The lowest BCUT2D eigenvalue weighted by atomic mass is 9.96. The molecule has 3 heteroatoms. The van der Waals surface area contributed by atoms with Gasteiger partial charge in [0.05, 0.1) is 0 Å². The smallest absolute Gasteiger partial charge is 0.162 e. The van der Waals surface area contributed by atoms with Crippen LogP contribution in [0.4, 0.5) is 8.78 Å². The summed E-state index contributed by atoms with van der Waals surface area (Å²) in [5.74, 6) is -1.03. The van der Waals surface area contributed by atoms with E-state index in [1.54, 1.807) is 6.07 Å². The summed E-state index contributed by atoms with van der Waals surface area (Å²) in [6.45, 7) is 4.35. The monoisotopic (exact) mass is 289 g/mol. The van der Waals surface area contributed by atoms with Crippen molar-refractivity contribution < 1.29 is 8.78 Å². The number of hydrogen-bond acceptors (Lipinski definition) is 1. The third-order valence-electron chi connectivity index (χ3n) is 3.52. The summed E-state index contributed by atoms with van der Waals surface area (Å²) in [5.41, 5.74) is 8.62. The lowest BCUT2D eigenvalue weighted by Gasteiger charge is -2.14. The summed E-state index contributed by atoms with van der Waals surface area (Å²) in [4.78, 5) is 0. The summed E-state index contributed by atoms with van der Waals surface area (Å²) in [5, 5.41) is 0. The van der Waals surface area contributed by atoms with E-state index >= 15 is 0 Å². The molecule has 21 heavy (non-hydrogen) atoms. The summed E-state index contributed by atoms with van der Waals surface area (Å²) in [7, 11) is 0. The quantitative estimate of drug-likeness (QED) is 0.867. The van der Waals surface area contributed by atoms with Crippen molar-refractivity contribution in [2.45, 2.75) is 32.7 Å². The molecule has 0 spiro atoms. The third kappa shape index (κ3) is 4.11. The average molecular weight is 289 g/mol. The molecule has 2 rings (SSSR count). The molecule has 112 valence electrons. The molecule has 1 atom stereocenters. The minimum atomic E-state index is -0.827.